The Morgan fingerprint density at radius 1 is 1.00 bits per heavy atom. The summed E-state index contributed by atoms with van der Waals surface area (Å²) in [5.41, 5.74) is 9.66. The molecule has 1 atom stereocenters. The van der Waals surface area contributed by atoms with Crippen molar-refractivity contribution in [2.24, 2.45) is 5.73 Å². The van der Waals surface area contributed by atoms with E-state index in [9.17, 15) is 5.26 Å². The van der Waals surface area contributed by atoms with Crippen LogP contribution in [-0.2, 0) is 0 Å². The van der Waals surface area contributed by atoms with Gasteiger partial charge in [0.1, 0.15) is 17.4 Å². The molecule has 35 heavy (non-hydrogen) atoms. The number of H-pyrrole nitrogens is 1. The van der Waals surface area contributed by atoms with Crippen LogP contribution in [0.5, 0.6) is 23.1 Å². The summed E-state index contributed by atoms with van der Waals surface area (Å²) < 4.78 is 23.2. The summed E-state index contributed by atoms with van der Waals surface area (Å²) in [5, 5.41) is 17.4. The molecule has 8 heteroatoms. The lowest BCUT2D eigenvalue weighted by atomic mass is 9.83. The summed E-state index contributed by atoms with van der Waals surface area (Å²) in [6.45, 7) is 7.76. The van der Waals surface area contributed by atoms with Gasteiger partial charge in [-0.1, -0.05) is 19.9 Å². The van der Waals surface area contributed by atoms with Crippen LogP contribution in [0.15, 0.2) is 53.9 Å². The third-order valence-corrected chi connectivity index (χ3v) is 5.62. The minimum atomic E-state index is -0.493. The van der Waals surface area contributed by atoms with Crippen molar-refractivity contribution in [1.29, 1.82) is 5.26 Å². The third-order valence-electron chi connectivity index (χ3n) is 5.62. The molecule has 3 N–H and O–H groups in total. The summed E-state index contributed by atoms with van der Waals surface area (Å²) in [5.74, 6) is 1.96. The number of nitrogens with one attached hydrogen (secondary N) is 1. The summed E-state index contributed by atoms with van der Waals surface area (Å²) in [6.07, 6.45) is 1.82. The first-order valence-electron chi connectivity index (χ1n) is 11.9. The lowest BCUT2D eigenvalue weighted by Crippen LogP contribution is -2.21. The van der Waals surface area contributed by atoms with Crippen molar-refractivity contribution in [3.8, 4) is 40.5 Å². The predicted molar refractivity (Wildman–Crippen MR) is 133 cm³/mol. The monoisotopic (exact) mass is 474 g/mol. The molecule has 1 aliphatic rings. The maximum absolute atomic E-state index is 10.0. The number of hydrogen-bond donors (Lipinski definition) is 2. The van der Waals surface area contributed by atoms with Gasteiger partial charge >= 0.3 is 0 Å². The first-order valence-corrected chi connectivity index (χ1v) is 11.9. The Kier molecular flexibility index (Phi) is 7.46. The van der Waals surface area contributed by atoms with Gasteiger partial charge in [0.05, 0.1) is 37.0 Å². The van der Waals surface area contributed by atoms with Crippen LogP contribution in [0.4, 0.5) is 0 Å². The average Bonchev–Trinajstić information content (AvgIpc) is 3.29. The van der Waals surface area contributed by atoms with Gasteiger partial charge in [0.15, 0.2) is 11.5 Å². The molecule has 8 nitrogen and oxygen atoms in total. The molecule has 2 heterocycles. The highest BCUT2D eigenvalue weighted by atomic mass is 16.5. The minimum Gasteiger partial charge on any atom is -0.494 e. The van der Waals surface area contributed by atoms with E-state index in [2.05, 4.69) is 23.2 Å². The van der Waals surface area contributed by atoms with Gasteiger partial charge in [0.25, 0.3) is 0 Å². The number of nitrogens with two attached hydrogens (primary N) is 1. The highest BCUT2D eigenvalue weighted by molar-refractivity contribution is 5.71. The van der Waals surface area contributed by atoms with Gasteiger partial charge in [-0.3, -0.25) is 5.10 Å². The highest BCUT2D eigenvalue weighted by Crippen LogP contribution is 2.47. The molecule has 4 rings (SSSR count). The molecule has 0 saturated carbocycles. The number of fused-ring (bicyclic) bond motifs is 1. The van der Waals surface area contributed by atoms with E-state index in [1.54, 1.807) is 0 Å². The molecule has 0 radical (unpaired) electrons. The van der Waals surface area contributed by atoms with E-state index in [0.717, 1.165) is 41.0 Å². The number of aromatic amines is 1. The van der Waals surface area contributed by atoms with Gasteiger partial charge in [-0.05, 0) is 61.7 Å². The zero-order valence-electron chi connectivity index (χ0n) is 20.3. The fraction of sp³-hybridized carbons (Fsp3) is 0.333. The van der Waals surface area contributed by atoms with Crippen LogP contribution in [0.2, 0.25) is 0 Å². The average molecular weight is 475 g/mol. The lowest BCUT2D eigenvalue weighted by molar-refractivity contribution is 0.276. The predicted octanol–water partition coefficient (Wildman–Crippen LogP) is 5.27. The van der Waals surface area contributed by atoms with Crippen LogP contribution in [0, 0.1) is 11.3 Å². The minimum absolute atomic E-state index is 0.0376. The fourth-order valence-electron chi connectivity index (χ4n) is 4.04. The van der Waals surface area contributed by atoms with Crippen molar-refractivity contribution in [3.05, 3.63) is 65.0 Å². The number of benzene rings is 2. The SMILES string of the molecule is CCCOc1ccc(-c2[nH]nc3c2C(c2ccc(OCCC)c(OCC)c2)C(C#N)=C(N)O3)cc1. The van der Waals surface area contributed by atoms with Gasteiger partial charge in [0.2, 0.25) is 11.8 Å². The number of rotatable bonds is 10. The van der Waals surface area contributed by atoms with Crippen LogP contribution in [-0.4, -0.2) is 30.0 Å². The van der Waals surface area contributed by atoms with Crippen molar-refractivity contribution in [2.75, 3.05) is 19.8 Å². The van der Waals surface area contributed by atoms with E-state index < -0.39 is 5.92 Å². The van der Waals surface area contributed by atoms with Gasteiger partial charge < -0.3 is 24.7 Å². The second-order valence-corrected chi connectivity index (χ2v) is 8.10. The van der Waals surface area contributed by atoms with Crippen molar-refractivity contribution in [3.63, 3.8) is 0 Å². The molecule has 0 spiro atoms. The maximum atomic E-state index is 10.0. The Morgan fingerprint density at radius 2 is 1.74 bits per heavy atom. The highest BCUT2D eigenvalue weighted by Gasteiger charge is 2.36. The Balaban J connectivity index is 1.79. The van der Waals surface area contributed by atoms with E-state index in [4.69, 9.17) is 24.7 Å². The van der Waals surface area contributed by atoms with E-state index in [-0.39, 0.29) is 5.88 Å². The molecule has 1 unspecified atom stereocenters. The molecule has 1 aromatic heterocycles. The Hall–Kier alpha value is -4.12. The molecule has 0 fully saturated rings. The maximum Gasteiger partial charge on any atom is 0.244 e. The third kappa shape index (κ3) is 4.90. The Labute approximate surface area is 205 Å². The van der Waals surface area contributed by atoms with E-state index in [0.29, 0.717) is 42.8 Å². The number of ether oxygens (including phenoxy) is 4. The summed E-state index contributed by atoms with van der Waals surface area (Å²) in [7, 11) is 0. The van der Waals surface area contributed by atoms with Crippen LogP contribution in [0.1, 0.15) is 50.7 Å². The molecule has 3 aromatic rings. The second kappa shape index (κ2) is 10.9. The van der Waals surface area contributed by atoms with Crippen molar-refractivity contribution in [1.82, 2.24) is 10.2 Å². The van der Waals surface area contributed by atoms with Crippen LogP contribution in [0.3, 0.4) is 0 Å². The second-order valence-electron chi connectivity index (χ2n) is 8.10. The van der Waals surface area contributed by atoms with E-state index in [1.165, 1.54) is 0 Å². The molecule has 0 aliphatic carbocycles. The molecule has 0 saturated heterocycles. The summed E-state index contributed by atoms with van der Waals surface area (Å²) in [6, 6.07) is 15.7. The molecule has 0 bridgehead atoms. The standard InChI is InChI=1S/C27H30N4O4/c1-4-13-33-19-10-7-17(8-11-19)25-24-23(20(16-28)26(29)35-27(24)31-30-25)18-9-12-21(34-14-5-2)22(15-18)32-6-3/h7-12,15,23H,4-6,13-14,29H2,1-3H3,(H,30,31). The van der Waals surface area contributed by atoms with Crippen LogP contribution < -0.4 is 24.7 Å². The molecule has 182 valence electrons. The first-order chi connectivity index (χ1) is 17.1. The van der Waals surface area contributed by atoms with Crippen molar-refractivity contribution >= 4 is 0 Å². The number of hydrogen-bond acceptors (Lipinski definition) is 7. The molecule has 0 amide bonds. The van der Waals surface area contributed by atoms with Crippen molar-refractivity contribution in [2.45, 2.75) is 39.5 Å². The summed E-state index contributed by atoms with van der Waals surface area (Å²) >= 11 is 0. The number of allylic oxidation sites excluding steroid dienone is 1. The number of nitriles is 1. The Morgan fingerprint density at radius 3 is 2.43 bits per heavy atom. The molecular weight excluding hydrogens is 444 g/mol. The van der Waals surface area contributed by atoms with Crippen molar-refractivity contribution < 1.29 is 18.9 Å². The number of nitrogens with zero attached hydrogens (tertiary/aromatic N) is 2. The zero-order valence-corrected chi connectivity index (χ0v) is 20.3. The fourth-order valence-corrected chi connectivity index (χ4v) is 4.04. The topological polar surface area (TPSA) is 115 Å². The molecular formula is C27H30N4O4. The van der Waals surface area contributed by atoms with Crippen LogP contribution >= 0.6 is 0 Å². The van der Waals surface area contributed by atoms with Gasteiger partial charge in [-0.15, -0.1) is 5.10 Å². The van der Waals surface area contributed by atoms with E-state index >= 15 is 0 Å². The van der Waals surface area contributed by atoms with Gasteiger partial charge in [-0.25, -0.2) is 0 Å². The normalized spacial score (nSPS) is 14.6. The smallest absolute Gasteiger partial charge is 0.244 e. The lowest BCUT2D eigenvalue weighted by Gasteiger charge is -2.25. The van der Waals surface area contributed by atoms with E-state index in [1.807, 2.05) is 56.3 Å². The largest absolute Gasteiger partial charge is 0.494 e. The Bertz CT molecular complexity index is 1240. The van der Waals surface area contributed by atoms with Gasteiger partial charge in [-0.2, -0.15) is 5.26 Å². The summed E-state index contributed by atoms with van der Waals surface area (Å²) in [4.78, 5) is 0. The van der Waals surface area contributed by atoms with Gasteiger partial charge in [0, 0.05) is 5.56 Å². The molecule has 1 aliphatic heterocycles. The van der Waals surface area contributed by atoms with Crippen LogP contribution in [0.25, 0.3) is 11.3 Å². The number of aromatic nitrogens is 2. The first kappa shape index (κ1) is 24.0. The molecule has 2 aromatic carbocycles. The quantitative estimate of drug-likeness (QED) is 0.411. The zero-order chi connectivity index (χ0) is 24.8.